The molecule has 42 heavy (non-hydrogen) atoms. The van der Waals surface area contributed by atoms with E-state index in [1.54, 1.807) is 12.1 Å². The van der Waals surface area contributed by atoms with Gasteiger partial charge >= 0.3 is 6.09 Å². The number of allylic oxidation sites excluding steroid dienone is 6. The predicted octanol–water partition coefficient (Wildman–Crippen LogP) is 6.57. The van der Waals surface area contributed by atoms with Gasteiger partial charge in [-0.25, -0.2) is 9.78 Å². The van der Waals surface area contributed by atoms with Crippen LogP contribution < -0.4 is 11.3 Å². The van der Waals surface area contributed by atoms with E-state index in [0.717, 1.165) is 82.9 Å². The summed E-state index contributed by atoms with van der Waals surface area (Å²) in [6.07, 6.45) is 10.3. The zero-order chi connectivity index (χ0) is 29.6. The highest BCUT2D eigenvalue weighted by atomic mass is 16.5. The van der Waals surface area contributed by atoms with Crippen LogP contribution in [-0.2, 0) is 17.6 Å². The Bertz CT molecular complexity index is 1680. The van der Waals surface area contributed by atoms with Crippen LogP contribution in [0.5, 0.6) is 0 Å². The highest BCUT2D eigenvalue weighted by Gasteiger charge is 2.25. The highest BCUT2D eigenvalue weighted by molar-refractivity contribution is 6.07. The van der Waals surface area contributed by atoms with Crippen molar-refractivity contribution < 1.29 is 14.6 Å². The number of nitrogens with zero attached hydrogens (tertiary/aromatic N) is 3. The second kappa shape index (κ2) is 12.9. The lowest BCUT2D eigenvalue weighted by Crippen LogP contribution is -2.30. The van der Waals surface area contributed by atoms with E-state index in [9.17, 15) is 9.59 Å². The molecule has 0 atom stereocenters. The molecule has 0 fully saturated rings. The van der Waals surface area contributed by atoms with Crippen molar-refractivity contribution in [3.8, 4) is 11.1 Å². The fraction of sp³-hybridized carbons (Fsp3) is 0.294. The minimum Gasteiger partial charge on any atom is -0.498 e. The SMILES string of the molecule is CCCCc1nc(C2=CC2)n(C2=CC=C(OCC)CC2)c(=O)c1Cc1ccc(-c2ccccc2C(N)=NC(=O)O)cc1. The molecule has 0 unspecified atom stereocenters. The van der Waals surface area contributed by atoms with Crippen LogP contribution in [0, 0.1) is 0 Å². The Balaban J connectivity index is 1.52. The van der Waals surface area contributed by atoms with Crippen molar-refractivity contribution in [1.29, 1.82) is 0 Å². The molecule has 2 aliphatic rings. The summed E-state index contributed by atoms with van der Waals surface area (Å²) in [5.74, 6) is 1.65. The van der Waals surface area contributed by atoms with Crippen LogP contribution in [-0.4, -0.2) is 33.2 Å². The summed E-state index contributed by atoms with van der Waals surface area (Å²) in [7, 11) is 0. The summed E-state index contributed by atoms with van der Waals surface area (Å²) in [4.78, 5) is 33.9. The Morgan fingerprint density at radius 1 is 1.10 bits per heavy atom. The molecule has 1 amide bonds. The number of benzene rings is 2. The topological polar surface area (TPSA) is 120 Å². The van der Waals surface area contributed by atoms with Gasteiger partial charge in [-0.05, 0) is 67.0 Å². The van der Waals surface area contributed by atoms with Crippen molar-refractivity contribution in [1.82, 2.24) is 9.55 Å². The summed E-state index contributed by atoms with van der Waals surface area (Å²) < 4.78 is 7.51. The first kappa shape index (κ1) is 28.8. The molecule has 3 aromatic rings. The van der Waals surface area contributed by atoms with Crippen molar-refractivity contribution in [2.24, 2.45) is 10.7 Å². The molecule has 0 saturated heterocycles. The van der Waals surface area contributed by atoms with Crippen LogP contribution in [0.25, 0.3) is 22.4 Å². The fourth-order valence-corrected chi connectivity index (χ4v) is 5.27. The molecule has 3 N–H and O–H groups in total. The van der Waals surface area contributed by atoms with Crippen molar-refractivity contribution in [2.45, 2.75) is 58.8 Å². The summed E-state index contributed by atoms with van der Waals surface area (Å²) in [6.45, 7) is 4.74. The second-order valence-corrected chi connectivity index (χ2v) is 10.5. The highest BCUT2D eigenvalue weighted by Crippen LogP contribution is 2.33. The molecule has 8 nitrogen and oxygen atoms in total. The van der Waals surface area contributed by atoms with E-state index in [0.29, 0.717) is 25.0 Å². The number of nitrogens with two attached hydrogens (primary N) is 1. The van der Waals surface area contributed by atoms with Gasteiger partial charge in [0.1, 0.15) is 11.7 Å². The minimum absolute atomic E-state index is 0.00880. The number of amidine groups is 1. The van der Waals surface area contributed by atoms with E-state index in [-0.39, 0.29) is 11.4 Å². The maximum Gasteiger partial charge on any atom is 0.433 e. The van der Waals surface area contributed by atoms with Gasteiger partial charge in [0, 0.05) is 29.7 Å². The van der Waals surface area contributed by atoms with Crippen molar-refractivity contribution >= 4 is 23.2 Å². The fourth-order valence-electron chi connectivity index (χ4n) is 5.27. The van der Waals surface area contributed by atoms with E-state index in [1.165, 1.54) is 0 Å². The first-order valence-electron chi connectivity index (χ1n) is 14.5. The van der Waals surface area contributed by atoms with E-state index in [1.807, 2.05) is 60.0 Å². The molecule has 216 valence electrons. The van der Waals surface area contributed by atoms with E-state index in [2.05, 4.69) is 18.0 Å². The van der Waals surface area contributed by atoms with E-state index >= 15 is 0 Å². The number of rotatable bonds is 11. The molecular formula is C34H36N4O4. The number of hydrogen-bond acceptors (Lipinski definition) is 4. The van der Waals surface area contributed by atoms with Crippen LogP contribution in [0.1, 0.15) is 74.2 Å². The first-order valence-corrected chi connectivity index (χ1v) is 14.5. The Hall–Kier alpha value is -4.72. The van der Waals surface area contributed by atoms with Gasteiger partial charge in [-0.2, -0.15) is 4.99 Å². The Morgan fingerprint density at radius 3 is 2.50 bits per heavy atom. The number of hydrogen-bond donors (Lipinski definition) is 2. The zero-order valence-electron chi connectivity index (χ0n) is 24.1. The molecule has 1 aromatic heterocycles. The number of unbranched alkanes of at least 4 members (excludes halogenated alkanes) is 1. The lowest BCUT2D eigenvalue weighted by atomic mass is 9.96. The number of carbonyl (C=O) groups is 1. The molecule has 0 saturated carbocycles. The molecule has 0 radical (unpaired) electrons. The van der Waals surface area contributed by atoms with Gasteiger partial charge in [0.25, 0.3) is 5.56 Å². The second-order valence-electron chi connectivity index (χ2n) is 10.5. The molecule has 5 rings (SSSR count). The van der Waals surface area contributed by atoms with E-state index < -0.39 is 6.09 Å². The quantitative estimate of drug-likeness (QED) is 0.201. The lowest BCUT2D eigenvalue weighted by Gasteiger charge is -2.21. The maximum atomic E-state index is 14.2. The number of aromatic nitrogens is 2. The van der Waals surface area contributed by atoms with Gasteiger partial charge in [0.15, 0.2) is 0 Å². The van der Waals surface area contributed by atoms with Gasteiger partial charge in [-0.1, -0.05) is 68.0 Å². The number of ether oxygens (including phenoxy) is 1. The summed E-state index contributed by atoms with van der Waals surface area (Å²) >= 11 is 0. The molecule has 2 aliphatic carbocycles. The van der Waals surface area contributed by atoms with Crippen LogP contribution in [0.4, 0.5) is 4.79 Å². The standard InChI is InChI=1S/C34H36N4O4/c1-3-5-10-30-29(33(39)38(32(36-30)24-15-16-24)25-17-19-26(20-18-25)42-4-2)21-22-11-13-23(14-12-22)27-8-6-7-9-28(27)31(35)37-34(40)41/h6-9,11-15,17,19H,3-5,10,16,18,20-21H2,1-2H3,(H2,35,37)(H,40,41). The maximum absolute atomic E-state index is 14.2. The predicted molar refractivity (Wildman–Crippen MR) is 166 cm³/mol. The Morgan fingerprint density at radius 2 is 1.86 bits per heavy atom. The third-order valence-electron chi connectivity index (χ3n) is 7.50. The molecular weight excluding hydrogens is 528 g/mol. The number of amides is 1. The van der Waals surface area contributed by atoms with Crippen LogP contribution >= 0.6 is 0 Å². The zero-order valence-corrected chi connectivity index (χ0v) is 24.1. The summed E-state index contributed by atoms with van der Waals surface area (Å²) in [5.41, 5.74) is 12.8. The minimum atomic E-state index is -1.34. The van der Waals surface area contributed by atoms with Gasteiger partial charge in [-0.3, -0.25) is 9.36 Å². The van der Waals surface area contributed by atoms with Crippen molar-refractivity contribution in [3.05, 3.63) is 111 Å². The number of aliphatic imine (C=N–C) groups is 1. The number of carboxylic acid groups (broad SMARTS) is 1. The smallest absolute Gasteiger partial charge is 0.433 e. The summed E-state index contributed by atoms with van der Waals surface area (Å²) in [6, 6.07) is 15.2. The van der Waals surface area contributed by atoms with E-state index in [4.69, 9.17) is 20.6 Å². The monoisotopic (exact) mass is 564 g/mol. The number of aryl methyl sites for hydroxylation is 1. The molecule has 0 bridgehead atoms. The Kier molecular flexibility index (Phi) is 8.81. The van der Waals surface area contributed by atoms with Crippen LogP contribution in [0.2, 0.25) is 0 Å². The molecule has 0 aliphatic heterocycles. The van der Waals surface area contributed by atoms with Gasteiger partial charge in [-0.15, -0.1) is 0 Å². The average molecular weight is 565 g/mol. The molecule has 8 heteroatoms. The van der Waals surface area contributed by atoms with Gasteiger partial charge in [0.05, 0.1) is 18.1 Å². The third kappa shape index (κ3) is 6.43. The van der Waals surface area contributed by atoms with Crippen LogP contribution in [0.3, 0.4) is 0 Å². The largest absolute Gasteiger partial charge is 0.498 e. The summed E-state index contributed by atoms with van der Waals surface area (Å²) in [5, 5.41) is 9.05. The van der Waals surface area contributed by atoms with Crippen LogP contribution in [0.15, 0.2) is 82.3 Å². The van der Waals surface area contributed by atoms with Crippen molar-refractivity contribution in [3.63, 3.8) is 0 Å². The molecule has 2 aromatic carbocycles. The molecule has 1 heterocycles. The normalized spacial score (nSPS) is 14.6. The molecule has 0 spiro atoms. The van der Waals surface area contributed by atoms with Crippen molar-refractivity contribution in [2.75, 3.05) is 6.61 Å². The van der Waals surface area contributed by atoms with Gasteiger partial charge in [0.2, 0.25) is 0 Å². The lowest BCUT2D eigenvalue weighted by molar-refractivity contribution is 0.205. The third-order valence-corrected chi connectivity index (χ3v) is 7.50. The first-order chi connectivity index (χ1) is 20.4. The average Bonchev–Trinajstić information content (AvgIpc) is 3.84. The Labute approximate surface area is 245 Å². The van der Waals surface area contributed by atoms with Gasteiger partial charge < -0.3 is 15.6 Å².